The van der Waals surface area contributed by atoms with E-state index in [4.69, 9.17) is 42.6 Å². The van der Waals surface area contributed by atoms with Gasteiger partial charge in [-0.1, -0.05) is 0 Å². The number of hydrogen-bond acceptors (Lipinski definition) is 16. The maximum Gasteiger partial charge on any atom is 0.303 e. The SMILES string of the molecule is CC(=O)N[C@H]1[C@H](OC[C@H]2O[C@H](Oc3ccc([N+](=O)[O-])cc3)[C@H]3OC(C)(C)O[C@H]3[C@@H]2O)O[C@H](COC(C)=O)[C@@H](OC(C)=O)[C@@H]1OC(C)=O. The molecule has 0 radical (unpaired) electrons. The van der Waals surface area contributed by atoms with Gasteiger partial charge in [0.25, 0.3) is 5.69 Å². The zero-order valence-electron chi connectivity index (χ0n) is 26.5. The van der Waals surface area contributed by atoms with Crippen LogP contribution in [0.5, 0.6) is 5.75 Å². The van der Waals surface area contributed by atoms with Crippen LogP contribution in [-0.2, 0) is 57.1 Å². The lowest BCUT2D eigenvalue weighted by molar-refractivity contribution is -0.384. The van der Waals surface area contributed by atoms with Gasteiger partial charge in [-0.2, -0.15) is 0 Å². The number of aliphatic hydroxyl groups is 1. The average molecular weight is 671 g/mol. The van der Waals surface area contributed by atoms with E-state index in [1.807, 2.05) is 0 Å². The molecular weight excluding hydrogens is 632 g/mol. The number of aliphatic hydroxyl groups excluding tert-OH is 1. The highest BCUT2D eigenvalue weighted by Crippen LogP contribution is 2.39. The topological polar surface area (TPSA) is 227 Å². The van der Waals surface area contributed by atoms with Crippen molar-refractivity contribution in [1.29, 1.82) is 0 Å². The van der Waals surface area contributed by atoms with Crippen LogP contribution < -0.4 is 10.1 Å². The number of hydrogen-bond donors (Lipinski definition) is 2. The van der Waals surface area contributed by atoms with Crippen molar-refractivity contribution in [2.45, 2.75) is 109 Å². The van der Waals surface area contributed by atoms with Crippen LogP contribution in [-0.4, -0.2) is 114 Å². The molecule has 3 heterocycles. The Hall–Kier alpha value is -3.94. The summed E-state index contributed by atoms with van der Waals surface area (Å²) in [7, 11) is 0. The molecule has 10 atom stereocenters. The minimum Gasteiger partial charge on any atom is -0.463 e. The van der Waals surface area contributed by atoms with Gasteiger partial charge in [-0.3, -0.25) is 29.3 Å². The predicted molar refractivity (Wildman–Crippen MR) is 152 cm³/mol. The molecular formula is C29H38N2O16. The fraction of sp³-hybridized carbons (Fsp3) is 0.655. The Kier molecular flexibility index (Phi) is 11.4. The number of non-ortho nitro benzene ring substituents is 1. The second-order valence-electron chi connectivity index (χ2n) is 11.5. The number of nitrogens with zero attached hydrogens (tertiary/aromatic N) is 1. The van der Waals surface area contributed by atoms with Crippen LogP contribution in [0.2, 0.25) is 0 Å². The van der Waals surface area contributed by atoms with E-state index in [-0.39, 0.29) is 11.4 Å². The Labute approximate surface area is 268 Å². The zero-order valence-corrected chi connectivity index (χ0v) is 26.5. The Balaban J connectivity index is 1.59. The highest BCUT2D eigenvalue weighted by atomic mass is 16.8. The standard InChI is InChI=1S/C29H38N2O16/c1-13(32)30-21-24(42-16(4)35)23(41-15(3)34)20(12-39-14(2)33)45-27(21)40-11-19-22(36)25-26(47-29(5,6)46-25)28(44-19)43-18-9-7-17(8-10-18)31(37)38/h7-10,19-28,36H,11-12H2,1-6H3,(H,30,32)/t19-,20-,21-,22-,23-,24-,25+,26+,27-,28+/m1/s1. The third-order valence-corrected chi connectivity index (χ3v) is 7.25. The second kappa shape index (κ2) is 14.9. The van der Waals surface area contributed by atoms with E-state index in [1.165, 1.54) is 31.2 Å². The van der Waals surface area contributed by atoms with Crippen molar-refractivity contribution >= 4 is 29.5 Å². The molecule has 3 aliphatic heterocycles. The van der Waals surface area contributed by atoms with Crippen molar-refractivity contribution in [3.8, 4) is 5.75 Å². The molecule has 0 bridgehead atoms. The number of carbonyl (C=O) groups excluding carboxylic acids is 4. The number of nitro groups is 1. The Morgan fingerprint density at radius 3 is 2.04 bits per heavy atom. The molecule has 0 spiro atoms. The van der Waals surface area contributed by atoms with Crippen molar-refractivity contribution in [2.24, 2.45) is 0 Å². The molecule has 18 heteroatoms. The smallest absolute Gasteiger partial charge is 0.303 e. The number of carbonyl (C=O) groups is 4. The largest absolute Gasteiger partial charge is 0.463 e. The van der Waals surface area contributed by atoms with Gasteiger partial charge >= 0.3 is 17.9 Å². The first kappa shape index (κ1) is 35.9. The summed E-state index contributed by atoms with van der Waals surface area (Å²) in [6.45, 7) is 7.00. The fourth-order valence-corrected chi connectivity index (χ4v) is 5.47. The molecule has 0 aromatic heterocycles. The minimum absolute atomic E-state index is 0.153. The van der Waals surface area contributed by atoms with Gasteiger partial charge in [0.15, 0.2) is 30.4 Å². The van der Waals surface area contributed by atoms with Crippen molar-refractivity contribution < 1.29 is 71.8 Å². The molecule has 3 fully saturated rings. The summed E-state index contributed by atoms with van der Waals surface area (Å²) in [5.41, 5.74) is -0.153. The van der Waals surface area contributed by atoms with E-state index in [0.29, 0.717) is 0 Å². The maximum atomic E-state index is 12.2. The van der Waals surface area contributed by atoms with Gasteiger partial charge in [0.2, 0.25) is 12.2 Å². The van der Waals surface area contributed by atoms with E-state index in [9.17, 15) is 34.4 Å². The van der Waals surface area contributed by atoms with E-state index < -0.39 is 109 Å². The summed E-state index contributed by atoms with van der Waals surface area (Å²) in [4.78, 5) is 58.5. The fourth-order valence-electron chi connectivity index (χ4n) is 5.47. The monoisotopic (exact) mass is 670 g/mol. The van der Waals surface area contributed by atoms with E-state index >= 15 is 0 Å². The number of rotatable bonds is 11. The van der Waals surface area contributed by atoms with Gasteiger partial charge in [0.05, 0.1) is 11.5 Å². The number of amides is 1. The number of benzene rings is 1. The molecule has 1 aromatic carbocycles. The van der Waals surface area contributed by atoms with E-state index in [0.717, 1.165) is 20.8 Å². The van der Waals surface area contributed by atoms with Crippen LogP contribution >= 0.6 is 0 Å². The van der Waals surface area contributed by atoms with Gasteiger partial charge in [0, 0.05) is 39.8 Å². The number of fused-ring (bicyclic) bond motifs is 1. The summed E-state index contributed by atoms with van der Waals surface area (Å²) < 4.78 is 51.9. The molecule has 1 amide bonds. The molecule has 0 saturated carbocycles. The van der Waals surface area contributed by atoms with Gasteiger partial charge in [-0.05, 0) is 26.0 Å². The number of esters is 3. The van der Waals surface area contributed by atoms with Crippen molar-refractivity contribution in [2.75, 3.05) is 13.2 Å². The quantitative estimate of drug-likeness (QED) is 0.139. The van der Waals surface area contributed by atoms with E-state index in [2.05, 4.69) is 5.32 Å². The lowest BCUT2D eigenvalue weighted by atomic mass is 9.95. The van der Waals surface area contributed by atoms with Crippen LogP contribution in [0.15, 0.2) is 24.3 Å². The van der Waals surface area contributed by atoms with Crippen molar-refractivity contribution in [3.63, 3.8) is 0 Å². The highest BCUT2D eigenvalue weighted by molar-refractivity contribution is 5.73. The van der Waals surface area contributed by atoms with E-state index in [1.54, 1.807) is 13.8 Å². The third kappa shape index (κ3) is 9.11. The first-order valence-electron chi connectivity index (χ1n) is 14.7. The van der Waals surface area contributed by atoms with Gasteiger partial charge in [-0.25, -0.2) is 0 Å². The number of nitrogens with one attached hydrogen (secondary N) is 1. The normalized spacial score (nSPS) is 32.7. The average Bonchev–Trinajstić information content (AvgIpc) is 3.30. The predicted octanol–water partition coefficient (Wildman–Crippen LogP) is 0.252. The summed E-state index contributed by atoms with van der Waals surface area (Å²) in [5, 5.41) is 24.9. The Morgan fingerprint density at radius 1 is 0.872 bits per heavy atom. The molecule has 3 aliphatic rings. The van der Waals surface area contributed by atoms with Crippen LogP contribution in [0.25, 0.3) is 0 Å². The van der Waals surface area contributed by atoms with Crippen LogP contribution in [0.3, 0.4) is 0 Å². The molecule has 3 saturated heterocycles. The molecule has 1 aromatic rings. The van der Waals surface area contributed by atoms with Crippen LogP contribution in [0.4, 0.5) is 5.69 Å². The molecule has 4 rings (SSSR count). The summed E-state index contributed by atoms with van der Waals surface area (Å²) in [5.74, 6) is -3.72. The lowest BCUT2D eigenvalue weighted by Crippen LogP contribution is -2.67. The summed E-state index contributed by atoms with van der Waals surface area (Å²) >= 11 is 0. The summed E-state index contributed by atoms with van der Waals surface area (Å²) in [6, 6.07) is 4.00. The second-order valence-corrected chi connectivity index (χ2v) is 11.5. The Morgan fingerprint density at radius 2 is 1.47 bits per heavy atom. The highest BCUT2D eigenvalue weighted by Gasteiger charge is 2.57. The van der Waals surface area contributed by atoms with Crippen molar-refractivity contribution in [1.82, 2.24) is 5.32 Å². The lowest BCUT2D eigenvalue weighted by Gasteiger charge is -2.45. The molecule has 0 unspecified atom stereocenters. The molecule has 2 N–H and O–H groups in total. The van der Waals surface area contributed by atoms with Crippen LogP contribution in [0, 0.1) is 10.1 Å². The summed E-state index contributed by atoms with van der Waals surface area (Å²) in [6.07, 6.45) is -10.9. The molecule has 47 heavy (non-hydrogen) atoms. The van der Waals surface area contributed by atoms with Crippen molar-refractivity contribution in [3.05, 3.63) is 34.4 Å². The molecule has 18 nitrogen and oxygen atoms in total. The third-order valence-electron chi connectivity index (χ3n) is 7.25. The van der Waals surface area contributed by atoms with Gasteiger partial charge in [0.1, 0.15) is 42.8 Å². The number of nitro benzene ring substituents is 1. The zero-order chi connectivity index (χ0) is 34.6. The van der Waals surface area contributed by atoms with Gasteiger partial charge < -0.3 is 53.1 Å². The Bertz CT molecular complexity index is 1320. The molecule has 0 aliphatic carbocycles. The first-order valence-corrected chi connectivity index (χ1v) is 14.7. The maximum absolute atomic E-state index is 12.2. The minimum atomic E-state index is -1.42. The molecule has 260 valence electrons. The van der Waals surface area contributed by atoms with Crippen LogP contribution in [0.1, 0.15) is 41.5 Å². The van der Waals surface area contributed by atoms with Gasteiger partial charge in [-0.15, -0.1) is 0 Å². The number of ether oxygens (including phenoxy) is 9. The first-order chi connectivity index (χ1) is 22.0.